The Kier molecular flexibility index (Phi) is 5.47. The highest BCUT2D eigenvalue weighted by Gasteiger charge is 2.32. The van der Waals surface area contributed by atoms with Crippen LogP contribution in [0.2, 0.25) is 0 Å². The second-order valence-electron chi connectivity index (χ2n) is 6.07. The first-order chi connectivity index (χ1) is 9.68. The largest absolute Gasteiger partial charge is 0.494 e. The molecule has 2 nitrogen and oxygen atoms in total. The molecule has 0 aliphatic heterocycles. The molecule has 0 saturated heterocycles. The van der Waals surface area contributed by atoms with Crippen molar-refractivity contribution in [3.63, 3.8) is 0 Å². The summed E-state index contributed by atoms with van der Waals surface area (Å²) in [6, 6.07) is 8.02. The Morgan fingerprint density at radius 3 is 2.55 bits per heavy atom. The third-order valence-electron chi connectivity index (χ3n) is 4.57. The van der Waals surface area contributed by atoms with Gasteiger partial charge in [-0.3, -0.25) is 0 Å². The SMILES string of the molecule is CCCC1CCCC(O)(c2ccc(OCC)cc2)CC1. The summed E-state index contributed by atoms with van der Waals surface area (Å²) >= 11 is 0. The van der Waals surface area contributed by atoms with Crippen molar-refractivity contribution in [2.24, 2.45) is 5.92 Å². The second-order valence-corrected chi connectivity index (χ2v) is 6.07. The lowest BCUT2D eigenvalue weighted by Gasteiger charge is -2.27. The van der Waals surface area contributed by atoms with E-state index in [0.717, 1.165) is 42.9 Å². The lowest BCUT2D eigenvalue weighted by atomic mass is 9.86. The molecule has 1 saturated carbocycles. The summed E-state index contributed by atoms with van der Waals surface area (Å²) in [7, 11) is 0. The van der Waals surface area contributed by atoms with Crippen molar-refractivity contribution in [3.05, 3.63) is 29.8 Å². The first-order valence-corrected chi connectivity index (χ1v) is 8.13. The van der Waals surface area contributed by atoms with Crippen LogP contribution in [0.15, 0.2) is 24.3 Å². The molecule has 0 heterocycles. The fraction of sp³-hybridized carbons (Fsp3) is 0.667. The van der Waals surface area contributed by atoms with Crippen LogP contribution in [0.4, 0.5) is 0 Å². The number of aliphatic hydroxyl groups is 1. The molecule has 0 aromatic heterocycles. The molecular formula is C18H28O2. The van der Waals surface area contributed by atoms with Gasteiger partial charge in [-0.15, -0.1) is 0 Å². The highest BCUT2D eigenvalue weighted by atomic mass is 16.5. The van der Waals surface area contributed by atoms with E-state index in [1.807, 2.05) is 31.2 Å². The Hall–Kier alpha value is -1.02. The Balaban J connectivity index is 2.05. The number of hydrogen-bond acceptors (Lipinski definition) is 2. The zero-order chi connectivity index (χ0) is 14.4. The molecule has 0 spiro atoms. The van der Waals surface area contributed by atoms with Crippen LogP contribution in [0, 0.1) is 5.92 Å². The minimum absolute atomic E-state index is 0.632. The van der Waals surface area contributed by atoms with Crippen molar-refractivity contribution in [2.45, 2.75) is 64.4 Å². The molecule has 2 unspecified atom stereocenters. The summed E-state index contributed by atoms with van der Waals surface area (Å²) in [5.41, 5.74) is 0.422. The molecule has 0 bridgehead atoms. The molecule has 2 rings (SSSR count). The van der Waals surface area contributed by atoms with E-state index in [1.165, 1.54) is 19.3 Å². The van der Waals surface area contributed by atoms with E-state index in [0.29, 0.717) is 6.61 Å². The van der Waals surface area contributed by atoms with Gasteiger partial charge >= 0.3 is 0 Å². The average Bonchev–Trinajstić information content (AvgIpc) is 2.64. The van der Waals surface area contributed by atoms with Gasteiger partial charge < -0.3 is 9.84 Å². The summed E-state index contributed by atoms with van der Waals surface area (Å²) in [4.78, 5) is 0. The molecule has 2 heteroatoms. The second kappa shape index (κ2) is 7.12. The third-order valence-corrected chi connectivity index (χ3v) is 4.57. The molecule has 1 aromatic rings. The van der Waals surface area contributed by atoms with Gasteiger partial charge in [0.2, 0.25) is 0 Å². The highest BCUT2D eigenvalue weighted by Crippen LogP contribution is 2.39. The van der Waals surface area contributed by atoms with Gasteiger partial charge in [0.1, 0.15) is 5.75 Å². The summed E-state index contributed by atoms with van der Waals surface area (Å²) in [5, 5.41) is 11.0. The maximum absolute atomic E-state index is 11.0. The van der Waals surface area contributed by atoms with E-state index in [2.05, 4.69) is 6.92 Å². The minimum atomic E-state index is -0.632. The maximum Gasteiger partial charge on any atom is 0.119 e. The van der Waals surface area contributed by atoms with Gasteiger partial charge in [-0.2, -0.15) is 0 Å². The van der Waals surface area contributed by atoms with Crippen molar-refractivity contribution in [1.29, 1.82) is 0 Å². The summed E-state index contributed by atoms with van der Waals surface area (Å²) in [6.45, 7) is 4.92. The van der Waals surface area contributed by atoms with Crippen LogP contribution in [-0.2, 0) is 5.60 Å². The fourth-order valence-electron chi connectivity index (χ4n) is 3.41. The van der Waals surface area contributed by atoms with E-state index in [1.54, 1.807) is 0 Å². The van der Waals surface area contributed by atoms with Gasteiger partial charge in [0.25, 0.3) is 0 Å². The van der Waals surface area contributed by atoms with E-state index in [4.69, 9.17) is 4.74 Å². The molecule has 0 amide bonds. The van der Waals surface area contributed by atoms with E-state index in [-0.39, 0.29) is 0 Å². The molecule has 1 aromatic carbocycles. The lowest BCUT2D eigenvalue weighted by Crippen LogP contribution is -2.24. The zero-order valence-corrected chi connectivity index (χ0v) is 12.9. The Bertz CT molecular complexity index is 398. The molecular weight excluding hydrogens is 248 g/mol. The highest BCUT2D eigenvalue weighted by molar-refractivity contribution is 5.31. The van der Waals surface area contributed by atoms with Crippen LogP contribution < -0.4 is 4.74 Å². The van der Waals surface area contributed by atoms with E-state index >= 15 is 0 Å². The van der Waals surface area contributed by atoms with Gasteiger partial charge in [0.15, 0.2) is 0 Å². The van der Waals surface area contributed by atoms with Crippen LogP contribution in [0.5, 0.6) is 5.75 Å². The fourth-order valence-corrected chi connectivity index (χ4v) is 3.41. The molecule has 112 valence electrons. The van der Waals surface area contributed by atoms with Crippen LogP contribution in [0.1, 0.15) is 64.4 Å². The van der Waals surface area contributed by atoms with Crippen molar-refractivity contribution in [3.8, 4) is 5.75 Å². The van der Waals surface area contributed by atoms with Crippen molar-refractivity contribution in [1.82, 2.24) is 0 Å². The van der Waals surface area contributed by atoms with Gasteiger partial charge in [0.05, 0.1) is 12.2 Å². The molecule has 1 aliphatic carbocycles. The average molecular weight is 276 g/mol. The van der Waals surface area contributed by atoms with Gasteiger partial charge in [0, 0.05) is 0 Å². The zero-order valence-electron chi connectivity index (χ0n) is 12.9. The standard InChI is InChI=1S/C18H28O2/c1-3-6-15-7-5-13-18(19,14-12-15)16-8-10-17(11-9-16)20-4-2/h8-11,15,19H,3-7,12-14H2,1-2H3. The molecule has 1 aliphatic rings. The molecule has 0 radical (unpaired) electrons. The minimum Gasteiger partial charge on any atom is -0.494 e. The van der Waals surface area contributed by atoms with Crippen LogP contribution in [0.25, 0.3) is 0 Å². The quantitative estimate of drug-likeness (QED) is 0.793. The Morgan fingerprint density at radius 1 is 1.15 bits per heavy atom. The first kappa shape index (κ1) is 15.4. The molecule has 20 heavy (non-hydrogen) atoms. The predicted octanol–water partition coefficient (Wildman–Crippen LogP) is 4.65. The number of benzene rings is 1. The normalized spacial score (nSPS) is 27.1. The number of rotatable bonds is 5. The monoisotopic (exact) mass is 276 g/mol. The molecule has 1 fully saturated rings. The third kappa shape index (κ3) is 3.76. The van der Waals surface area contributed by atoms with E-state index < -0.39 is 5.60 Å². The van der Waals surface area contributed by atoms with Gasteiger partial charge in [-0.1, -0.05) is 38.3 Å². The Labute approximate surface area is 123 Å². The summed E-state index contributed by atoms with van der Waals surface area (Å²) in [6.07, 6.45) is 7.90. The Morgan fingerprint density at radius 2 is 1.90 bits per heavy atom. The summed E-state index contributed by atoms with van der Waals surface area (Å²) in [5.74, 6) is 1.69. The van der Waals surface area contributed by atoms with Gasteiger partial charge in [-0.25, -0.2) is 0 Å². The first-order valence-electron chi connectivity index (χ1n) is 8.13. The van der Waals surface area contributed by atoms with Gasteiger partial charge in [-0.05, 0) is 56.2 Å². The van der Waals surface area contributed by atoms with Crippen molar-refractivity contribution >= 4 is 0 Å². The van der Waals surface area contributed by atoms with Crippen molar-refractivity contribution in [2.75, 3.05) is 6.61 Å². The van der Waals surface area contributed by atoms with Crippen molar-refractivity contribution < 1.29 is 9.84 Å². The molecule has 2 atom stereocenters. The maximum atomic E-state index is 11.0. The smallest absolute Gasteiger partial charge is 0.119 e. The van der Waals surface area contributed by atoms with Crippen LogP contribution in [0.3, 0.4) is 0 Å². The van der Waals surface area contributed by atoms with Crippen LogP contribution >= 0.6 is 0 Å². The lowest BCUT2D eigenvalue weighted by molar-refractivity contribution is 0.0195. The summed E-state index contributed by atoms with van der Waals surface area (Å²) < 4.78 is 5.47. The van der Waals surface area contributed by atoms with E-state index in [9.17, 15) is 5.11 Å². The predicted molar refractivity (Wildman–Crippen MR) is 83.0 cm³/mol. The molecule has 1 N–H and O–H groups in total. The number of hydrogen-bond donors (Lipinski definition) is 1. The topological polar surface area (TPSA) is 29.5 Å². The number of ether oxygens (including phenoxy) is 1. The van der Waals surface area contributed by atoms with Crippen LogP contribution in [-0.4, -0.2) is 11.7 Å².